The predicted octanol–water partition coefficient (Wildman–Crippen LogP) is 2.48. The summed E-state index contributed by atoms with van der Waals surface area (Å²) >= 11 is 0.868. The van der Waals surface area contributed by atoms with Crippen molar-refractivity contribution >= 4 is 45.9 Å². The molecule has 0 aliphatic carbocycles. The second kappa shape index (κ2) is 9.52. The van der Waals surface area contributed by atoms with Crippen molar-refractivity contribution in [3.05, 3.63) is 84.8 Å². The van der Waals surface area contributed by atoms with Gasteiger partial charge in [0.15, 0.2) is 0 Å². The van der Waals surface area contributed by atoms with Crippen LogP contribution < -0.4 is 16.4 Å². The Labute approximate surface area is 198 Å². The number of H-pyrrole nitrogens is 1. The summed E-state index contributed by atoms with van der Waals surface area (Å²) in [6.07, 6.45) is 1.68. The number of benzene rings is 2. The third-order valence-corrected chi connectivity index (χ3v) is 6.33. The lowest BCUT2D eigenvalue weighted by atomic mass is 10.1. The lowest BCUT2D eigenvalue weighted by Crippen LogP contribution is -2.37. The van der Waals surface area contributed by atoms with Gasteiger partial charge in [-0.25, -0.2) is 0 Å². The van der Waals surface area contributed by atoms with Crippen molar-refractivity contribution in [2.24, 2.45) is 0 Å². The molecule has 0 saturated carbocycles. The van der Waals surface area contributed by atoms with Gasteiger partial charge in [-0.1, -0.05) is 29.8 Å². The van der Waals surface area contributed by atoms with E-state index >= 15 is 0 Å². The lowest BCUT2D eigenvalue weighted by molar-refractivity contribution is -0.122. The number of carbonyl (C=O) groups excluding carboxylic acids is 3. The van der Waals surface area contributed by atoms with E-state index in [1.165, 1.54) is 10.6 Å². The second-order valence-corrected chi connectivity index (χ2v) is 8.73. The molecular formula is C24H22N4O5S. The lowest BCUT2D eigenvalue weighted by Gasteiger charge is -2.13. The molecule has 34 heavy (non-hydrogen) atoms. The molecule has 10 heteroatoms. The molecule has 9 nitrogen and oxygen atoms in total. The van der Waals surface area contributed by atoms with Crippen LogP contribution in [0.1, 0.15) is 28.4 Å². The van der Waals surface area contributed by atoms with Crippen LogP contribution in [0.25, 0.3) is 17.1 Å². The van der Waals surface area contributed by atoms with Gasteiger partial charge in [-0.3, -0.25) is 28.9 Å². The first kappa shape index (κ1) is 23.2. The number of aromatic amines is 1. The first-order valence-electron chi connectivity index (χ1n) is 10.7. The number of hydrogen-bond donors (Lipinski definition) is 2. The van der Waals surface area contributed by atoms with E-state index in [0.717, 1.165) is 27.8 Å². The minimum atomic E-state index is -0.759. The highest BCUT2D eigenvalue weighted by atomic mass is 32.2. The minimum Gasteiger partial charge on any atom is -0.350 e. The molecule has 0 bridgehead atoms. The molecule has 1 aliphatic heterocycles. The normalized spacial score (nSPS) is 14.9. The maximum atomic E-state index is 12.6. The number of carbonyl (C=O) groups is 3. The van der Waals surface area contributed by atoms with E-state index in [1.807, 2.05) is 31.2 Å². The summed E-state index contributed by atoms with van der Waals surface area (Å²) in [5, 5.41) is 2.29. The zero-order valence-electron chi connectivity index (χ0n) is 18.6. The Morgan fingerprint density at radius 1 is 1.09 bits per heavy atom. The molecule has 1 fully saturated rings. The fraction of sp³-hybridized carbons (Fsp3) is 0.208. The molecule has 2 aromatic carbocycles. The summed E-state index contributed by atoms with van der Waals surface area (Å²) in [7, 11) is 0. The van der Waals surface area contributed by atoms with Gasteiger partial charge in [-0.2, -0.15) is 0 Å². The molecule has 3 aromatic rings. The van der Waals surface area contributed by atoms with Crippen LogP contribution in [-0.2, 0) is 11.3 Å². The summed E-state index contributed by atoms with van der Waals surface area (Å²) < 4.78 is 1.33. The number of imide groups is 1. The van der Waals surface area contributed by atoms with Gasteiger partial charge in [-0.05, 0) is 55.4 Å². The smallest absolute Gasteiger partial charge is 0.316 e. The Kier molecular flexibility index (Phi) is 6.51. The number of thioether (sulfide) groups is 1. The highest BCUT2D eigenvalue weighted by molar-refractivity contribution is 8.18. The molecule has 174 valence electrons. The molecule has 1 aromatic heterocycles. The molecule has 0 unspecified atom stereocenters. The number of aryl methyl sites for hydroxylation is 2. The minimum absolute atomic E-state index is 0.0292. The third-order valence-electron chi connectivity index (χ3n) is 5.42. The van der Waals surface area contributed by atoms with Crippen molar-refractivity contribution in [2.75, 3.05) is 13.1 Å². The Bertz CT molecular complexity index is 1450. The Balaban J connectivity index is 1.42. The first-order valence-corrected chi connectivity index (χ1v) is 11.5. The average Bonchev–Trinajstić information content (AvgIpc) is 3.08. The fourth-order valence-corrected chi connectivity index (χ4v) is 4.49. The summed E-state index contributed by atoms with van der Waals surface area (Å²) in [6, 6.07) is 12.2. The van der Waals surface area contributed by atoms with Crippen LogP contribution in [0.2, 0.25) is 0 Å². The SMILES string of the molecule is CCn1c(=O)c(=O)[nH]c2cc(C(=O)NCCN3C(=O)S/C(=C/c4ccc(C)cc4)C3=O)ccc21. The maximum absolute atomic E-state index is 12.6. The topological polar surface area (TPSA) is 121 Å². The van der Waals surface area contributed by atoms with E-state index in [-0.39, 0.29) is 18.7 Å². The van der Waals surface area contributed by atoms with Crippen molar-refractivity contribution in [3.63, 3.8) is 0 Å². The van der Waals surface area contributed by atoms with Crippen LogP contribution in [0.3, 0.4) is 0 Å². The van der Waals surface area contributed by atoms with Crippen molar-refractivity contribution in [1.82, 2.24) is 19.8 Å². The van der Waals surface area contributed by atoms with E-state index in [1.54, 1.807) is 25.1 Å². The van der Waals surface area contributed by atoms with Gasteiger partial charge in [0.25, 0.3) is 17.1 Å². The second-order valence-electron chi connectivity index (χ2n) is 7.74. The van der Waals surface area contributed by atoms with Gasteiger partial charge in [0.1, 0.15) is 0 Å². The molecule has 2 heterocycles. The van der Waals surface area contributed by atoms with Gasteiger partial charge in [-0.15, -0.1) is 0 Å². The number of nitrogens with one attached hydrogen (secondary N) is 2. The van der Waals surface area contributed by atoms with E-state index in [4.69, 9.17) is 0 Å². The molecule has 2 N–H and O–H groups in total. The number of fused-ring (bicyclic) bond motifs is 1. The Morgan fingerprint density at radius 3 is 2.53 bits per heavy atom. The van der Waals surface area contributed by atoms with Crippen LogP contribution in [0.15, 0.2) is 57.0 Å². The molecule has 1 saturated heterocycles. The highest BCUT2D eigenvalue weighted by Crippen LogP contribution is 2.31. The zero-order valence-corrected chi connectivity index (χ0v) is 19.4. The summed E-state index contributed by atoms with van der Waals surface area (Å²) in [4.78, 5) is 65.3. The van der Waals surface area contributed by atoms with Gasteiger partial charge in [0.05, 0.1) is 15.9 Å². The first-order chi connectivity index (χ1) is 16.3. The van der Waals surface area contributed by atoms with Crippen molar-refractivity contribution < 1.29 is 14.4 Å². The third kappa shape index (κ3) is 4.58. The van der Waals surface area contributed by atoms with E-state index in [2.05, 4.69) is 10.3 Å². The largest absolute Gasteiger partial charge is 0.350 e. The quantitative estimate of drug-likeness (QED) is 0.415. The summed E-state index contributed by atoms with van der Waals surface area (Å²) in [6.45, 7) is 4.13. The highest BCUT2D eigenvalue weighted by Gasteiger charge is 2.34. The van der Waals surface area contributed by atoms with Crippen LogP contribution in [0.4, 0.5) is 4.79 Å². The standard InChI is InChI=1S/C24H22N4O5S/c1-3-27-18-9-8-16(13-17(18)26-21(30)23(27)32)20(29)25-10-11-28-22(31)19(34-24(28)33)12-15-6-4-14(2)5-7-15/h4-9,12-13H,3,10-11H2,1-2H3,(H,25,29)(H,26,30)/b19-12+. The molecule has 0 radical (unpaired) electrons. The molecule has 4 rings (SSSR count). The van der Waals surface area contributed by atoms with Crippen LogP contribution in [0.5, 0.6) is 0 Å². The zero-order chi connectivity index (χ0) is 24.4. The summed E-state index contributed by atoms with van der Waals surface area (Å²) in [5.74, 6) is -0.829. The van der Waals surface area contributed by atoms with E-state index in [9.17, 15) is 24.0 Å². The molecular weight excluding hydrogens is 456 g/mol. The van der Waals surface area contributed by atoms with Crippen molar-refractivity contribution in [1.29, 1.82) is 0 Å². The summed E-state index contributed by atoms with van der Waals surface area (Å²) in [5.41, 5.74) is 1.67. The van der Waals surface area contributed by atoms with Gasteiger partial charge in [0.2, 0.25) is 0 Å². The predicted molar refractivity (Wildman–Crippen MR) is 131 cm³/mol. The van der Waals surface area contributed by atoms with Gasteiger partial charge < -0.3 is 14.9 Å². The Morgan fingerprint density at radius 2 is 1.82 bits per heavy atom. The van der Waals surface area contributed by atoms with Gasteiger partial charge >= 0.3 is 11.1 Å². The molecule has 1 aliphatic rings. The average molecular weight is 479 g/mol. The number of hydrogen-bond acceptors (Lipinski definition) is 6. The van der Waals surface area contributed by atoms with Crippen LogP contribution in [0, 0.1) is 6.92 Å². The molecule has 0 spiro atoms. The Hall–Kier alpha value is -3.92. The fourth-order valence-electron chi connectivity index (χ4n) is 3.62. The van der Waals surface area contributed by atoms with Crippen LogP contribution >= 0.6 is 11.8 Å². The van der Waals surface area contributed by atoms with Gasteiger partial charge in [0, 0.05) is 25.2 Å². The number of amides is 3. The van der Waals surface area contributed by atoms with Crippen LogP contribution in [-0.4, -0.2) is 44.6 Å². The number of rotatable bonds is 6. The maximum Gasteiger partial charge on any atom is 0.316 e. The number of nitrogens with zero attached hydrogens (tertiary/aromatic N) is 2. The van der Waals surface area contributed by atoms with E-state index < -0.39 is 28.2 Å². The molecule has 3 amide bonds. The van der Waals surface area contributed by atoms with Crippen molar-refractivity contribution in [2.45, 2.75) is 20.4 Å². The molecule has 0 atom stereocenters. The number of aromatic nitrogens is 2. The van der Waals surface area contributed by atoms with E-state index in [0.29, 0.717) is 22.5 Å². The monoisotopic (exact) mass is 478 g/mol. The van der Waals surface area contributed by atoms with Crippen molar-refractivity contribution in [3.8, 4) is 0 Å².